The fourth-order valence-corrected chi connectivity index (χ4v) is 3.69. The quantitative estimate of drug-likeness (QED) is 0.772. The number of allylic oxidation sites excluding steroid dienone is 1. The number of rotatable bonds is 0. The van der Waals surface area contributed by atoms with Crippen LogP contribution < -0.4 is 10.2 Å². The van der Waals surface area contributed by atoms with Crippen molar-refractivity contribution in [3.63, 3.8) is 0 Å². The maximum absolute atomic E-state index is 11.8. The van der Waals surface area contributed by atoms with Crippen LogP contribution in [0, 0.1) is 5.92 Å². The molecule has 2 heterocycles. The zero-order valence-electron chi connectivity index (χ0n) is 14.5. The van der Waals surface area contributed by atoms with Crippen molar-refractivity contribution in [2.24, 2.45) is 5.92 Å². The number of carbonyl (C=O) groups is 1. The molecule has 1 atom stereocenters. The topological polar surface area (TPSA) is 70.2 Å². The molecule has 2 aromatic rings. The number of ether oxygens (including phenoxy) is 1. The maximum Gasteiger partial charge on any atom is 0.407 e. The Morgan fingerprint density at radius 2 is 2.24 bits per heavy atom. The van der Waals surface area contributed by atoms with E-state index in [1.54, 1.807) is 0 Å². The van der Waals surface area contributed by atoms with Crippen LogP contribution in [0.4, 0.5) is 10.5 Å². The zero-order valence-corrected chi connectivity index (χ0v) is 14.5. The van der Waals surface area contributed by atoms with Gasteiger partial charge in [-0.2, -0.15) is 5.10 Å². The lowest BCUT2D eigenvalue weighted by atomic mass is 9.88. The second-order valence-corrected chi connectivity index (χ2v) is 6.95. The number of hydrogen-bond donors (Lipinski definition) is 2. The highest BCUT2D eigenvalue weighted by Crippen LogP contribution is 2.34. The van der Waals surface area contributed by atoms with E-state index in [1.807, 2.05) is 0 Å². The minimum Gasteiger partial charge on any atom is -0.449 e. The van der Waals surface area contributed by atoms with Crippen LogP contribution in [0.1, 0.15) is 31.4 Å². The number of aromatic nitrogens is 2. The number of carbonyl (C=O) groups excluding carboxylic acids is 1. The lowest BCUT2D eigenvalue weighted by molar-refractivity contribution is 0.132. The van der Waals surface area contributed by atoms with E-state index in [4.69, 9.17) is 4.74 Å². The van der Waals surface area contributed by atoms with Crippen molar-refractivity contribution in [3.05, 3.63) is 30.0 Å². The zero-order chi connectivity index (χ0) is 17.2. The largest absolute Gasteiger partial charge is 0.449 e. The number of hydrogen-bond acceptors (Lipinski definition) is 4. The minimum atomic E-state index is -0.319. The molecule has 2 aliphatic rings. The molecule has 4 bridgehead atoms. The van der Waals surface area contributed by atoms with Gasteiger partial charge in [0.15, 0.2) is 0 Å². The summed E-state index contributed by atoms with van der Waals surface area (Å²) in [5.41, 5.74) is 4.52. The summed E-state index contributed by atoms with van der Waals surface area (Å²) in [6.45, 7) is 1.92. The van der Waals surface area contributed by atoms with Crippen LogP contribution in [0.5, 0.6) is 0 Å². The van der Waals surface area contributed by atoms with Crippen molar-refractivity contribution in [1.82, 2.24) is 15.5 Å². The molecular weight excluding hydrogens is 316 g/mol. The third-order valence-corrected chi connectivity index (χ3v) is 5.12. The average Bonchev–Trinajstić information content (AvgIpc) is 3.06. The van der Waals surface area contributed by atoms with Gasteiger partial charge in [0.2, 0.25) is 0 Å². The van der Waals surface area contributed by atoms with E-state index in [2.05, 4.69) is 51.7 Å². The summed E-state index contributed by atoms with van der Waals surface area (Å²) in [5, 5.41) is 11.7. The number of nitrogens with one attached hydrogen (secondary N) is 2. The van der Waals surface area contributed by atoms with Gasteiger partial charge in [-0.1, -0.05) is 6.08 Å². The average molecular weight is 340 g/mol. The normalized spacial score (nSPS) is 22.0. The van der Waals surface area contributed by atoms with Gasteiger partial charge < -0.3 is 15.0 Å². The summed E-state index contributed by atoms with van der Waals surface area (Å²) in [7, 11) is 2.08. The highest BCUT2D eigenvalue weighted by atomic mass is 16.5. The molecule has 132 valence electrons. The molecule has 0 saturated carbocycles. The molecular formula is C19H24N4O2. The second kappa shape index (κ2) is 6.78. The molecule has 1 aliphatic heterocycles. The van der Waals surface area contributed by atoms with Crippen LogP contribution in [-0.2, 0) is 4.74 Å². The van der Waals surface area contributed by atoms with Crippen molar-refractivity contribution >= 4 is 28.3 Å². The molecule has 1 aromatic carbocycles. The van der Waals surface area contributed by atoms with Crippen LogP contribution in [-0.4, -0.2) is 43.0 Å². The van der Waals surface area contributed by atoms with E-state index in [1.165, 1.54) is 16.6 Å². The lowest BCUT2D eigenvalue weighted by Crippen LogP contribution is -2.29. The van der Waals surface area contributed by atoms with Gasteiger partial charge in [-0.25, -0.2) is 4.79 Å². The van der Waals surface area contributed by atoms with Crippen LogP contribution >= 0.6 is 0 Å². The Hall–Kier alpha value is -2.50. The third-order valence-electron chi connectivity index (χ3n) is 5.12. The van der Waals surface area contributed by atoms with E-state index in [9.17, 15) is 4.79 Å². The van der Waals surface area contributed by atoms with Crippen molar-refractivity contribution in [2.75, 3.05) is 31.6 Å². The van der Waals surface area contributed by atoms with Crippen molar-refractivity contribution < 1.29 is 9.53 Å². The lowest BCUT2D eigenvalue weighted by Gasteiger charge is -2.20. The summed E-state index contributed by atoms with van der Waals surface area (Å²) < 4.78 is 5.40. The van der Waals surface area contributed by atoms with E-state index in [0.717, 1.165) is 43.4 Å². The molecule has 1 aliphatic carbocycles. The molecule has 1 amide bonds. The van der Waals surface area contributed by atoms with E-state index in [0.29, 0.717) is 13.2 Å². The Bertz CT molecular complexity index is 811. The van der Waals surface area contributed by atoms with E-state index in [-0.39, 0.29) is 12.0 Å². The minimum absolute atomic E-state index is 0.261. The summed E-state index contributed by atoms with van der Waals surface area (Å²) in [6.07, 6.45) is 5.95. The molecule has 6 nitrogen and oxygen atoms in total. The SMILES string of the molecule is CN1CCCNC(=O)OCC2C=C(CCC2)c2n[nH]c3ccc1cc23. The number of amides is 1. The number of cyclic esters (lactones) is 1. The smallest absolute Gasteiger partial charge is 0.407 e. The molecule has 4 rings (SSSR count). The van der Waals surface area contributed by atoms with Gasteiger partial charge >= 0.3 is 6.09 Å². The Balaban J connectivity index is 1.74. The monoisotopic (exact) mass is 340 g/mol. The predicted octanol–water partition coefficient (Wildman–Crippen LogP) is 3.31. The Morgan fingerprint density at radius 1 is 1.32 bits per heavy atom. The fourth-order valence-electron chi connectivity index (χ4n) is 3.69. The molecule has 6 heteroatoms. The van der Waals surface area contributed by atoms with Gasteiger partial charge in [0.05, 0.1) is 17.8 Å². The number of aromatic amines is 1. The first-order valence-corrected chi connectivity index (χ1v) is 9.01. The first kappa shape index (κ1) is 16.0. The number of anilines is 1. The van der Waals surface area contributed by atoms with Crippen LogP contribution in [0.15, 0.2) is 24.3 Å². The number of nitrogens with zero attached hydrogens (tertiary/aromatic N) is 2. The van der Waals surface area contributed by atoms with Gasteiger partial charge in [0.25, 0.3) is 0 Å². The maximum atomic E-state index is 11.8. The standard InChI is InChI=1S/C19H24N4O2/c1-23-9-3-8-20-19(24)25-12-13-4-2-5-14(10-13)18-16-11-15(23)6-7-17(16)21-22-18/h6-7,10-11,13H,2-5,8-9,12H2,1H3,(H,20,24)(H,21,22). The molecule has 25 heavy (non-hydrogen) atoms. The van der Waals surface area contributed by atoms with Crippen LogP contribution in [0.3, 0.4) is 0 Å². The molecule has 0 spiro atoms. The van der Waals surface area contributed by atoms with Gasteiger partial charge in [-0.3, -0.25) is 5.10 Å². The molecule has 1 aromatic heterocycles. The number of alkyl carbamates (subject to hydrolysis) is 1. The molecule has 0 fully saturated rings. The fraction of sp³-hybridized carbons (Fsp3) is 0.474. The van der Waals surface area contributed by atoms with Crippen molar-refractivity contribution in [1.29, 1.82) is 0 Å². The molecule has 0 radical (unpaired) electrons. The summed E-state index contributed by atoms with van der Waals surface area (Å²) in [4.78, 5) is 14.1. The van der Waals surface area contributed by atoms with E-state index >= 15 is 0 Å². The number of fused-ring (bicyclic) bond motifs is 3. The first-order chi connectivity index (χ1) is 12.2. The summed E-state index contributed by atoms with van der Waals surface area (Å²) in [6, 6.07) is 6.43. The Labute approximate surface area is 147 Å². The highest BCUT2D eigenvalue weighted by Gasteiger charge is 2.20. The Morgan fingerprint density at radius 3 is 3.16 bits per heavy atom. The van der Waals surface area contributed by atoms with Crippen molar-refractivity contribution in [3.8, 4) is 0 Å². The highest BCUT2D eigenvalue weighted by molar-refractivity contribution is 5.92. The summed E-state index contributed by atoms with van der Waals surface area (Å²) in [5.74, 6) is 0.261. The van der Waals surface area contributed by atoms with Gasteiger partial charge in [-0.05, 0) is 49.5 Å². The van der Waals surface area contributed by atoms with Crippen LogP contribution in [0.2, 0.25) is 0 Å². The molecule has 0 saturated heterocycles. The molecule has 2 N–H and O–H groups in total. The van der Waals surface area contributed by atoms with Gasteiger partial charge in [-0.15, -0.1) is 0 Å². The van der Waals surface area contributed by atoms with Crippen molar-refractivity contribution in [2.45, 2.75) is 25.7 Å². The third kappa shape index (κ3) is 3.34. The first-order valence-electron chi connectivity index (χ1n) is 9.01. The van der Waals surface area contributed by atoms with Gasteiger partial charge in [0, 0.05) is 37.1 Å². The number of benzene rings is 1. The Kier molecular flexibility index (Phi) is 4.34. The second-order valence-electron chi connectivity index (χ2n) is 6.95. The van der Waals surface area contributed by atoms with Gasteiger partial charge in [0.1, 0.15) is 0 Å². The predicted molar refractivity (Wildman–Crippen MR) is 98.6 cm³/mol. The number of H-pyrrole nitrogens is 1. The molecule has 1 unspecified atom stereocenters. The van der Waals surface area contributed by atoms with E-state index < -0.39 is 0 Å². The summed E-state index contributed by atoms with van der Waals surface area (Å²) >= 11 is 0. The van der Waals surface area contributed by atoms with Crippen LogP contribution in [0.25, 0.3) is 16.5 Å².